The van der Waals surface area contributed by atoms with Crippen molar-refractivity contribution < 1.29 is 9.53 Å². The summed E-state index contributed by atoms with van der Waals surface area (Å²) < 4.78 is 5.00. The van der Waals surface area contributed by atoms with E-state index in [1.807, 2.05) is 6.92 Å². The summed E-state index contributed by atoms with van der Waals surface area (Å²) in [6.07, 6.45) is 15.5. The van der Waals surface area contributed by atoms with Gasteiger partial charge >= 0.3 is 5.97 Å². The lowest BCUT2D eigenvalue weighted by Gasteiger charge is -2.07. The lowest BCUT2D eigenvalue weighted by molar-refractivity contribution is -0.137. The number of hydrogen-bond acceptors (Lipinski definition) is 2. The molecule has 0 amide bonds. The van der Waals surface area contributed by atoms with Crippen LogP contribution in [0.1, 0.15) is 45.4 Å². The average Bonchev–Trinajstić information content (AvgIpc) is 2.77. The molecule has 1 atom stereocenters. The van der Waals surface area contributed by atoms with Crippen LogP contribution in [0.4, 0.5) is 0 Å². The van der Waals surface area contributed by atoms with Gasteiger partial charge in [-0.3, -0.25) is 0 Å². The first-order chi connectivity index (χ1) is 8.79. The molecule has 0 bridgehead atoms. The molecule has 0 aliphatic heterocycles. The Morgan fingerprint density at radius 2 is 2.33 bits per heavy atom. The van der Waals surface area contributed by atoms with E-state index in [0.29, 0.717) is 12.5 Å². The smallest absolute Gasteiger partial charge is 0.331 e. The van der Waals surface area contributed by atoms with Crippen molar-refractivity contribution in [2.45, 2.75) is 45.4 Å². The van der Waals surface area contributed by atoms with Crippen LogP contribution in [0.25, 0.3) is 0 Å². The van der Waals surface area contributed by atoms with Gasteiger partial charge in [-0.2, -0.15) is 0 Å². The summed E-state index contributed by atoms with van der Waals surface area (Å²) in [5.41, 5.74) is 2.63. The van der Waals surface area contributed by atoms with Gasteiger partial charge in [0.1, 0.15) is 0 Å². The van der Waals surface area contributed by atoms with E-state index in [4.69, 9.17) is 4.74 Å². The Hall–Kier alpha value is -1.31. The summed E-state index contributed by atoms with van der Waals surface area (Å²) in [7, 11) is 0. The van der Waals surface area contributed by atoms with Gasteiger partial charge in [-0.15, -0.1) is 0 Å². The van der Waals surface area contributed by atoms with Crippen molar-refractivity contribution in [3.63, 3.8) is 0 Å². The fraction of sp³-hybridized carbons (Fsp3) is 0.562. The van der Waals surface area contributed by atoms with Crippen LogP contribution in [0, 0.1) is 5.92 Å². The molecule has 1 unspecified atom stereocenters. The molecule has 0 N–H and O–H groups in total. The summed E-state index contributed by atoms with van der Waals surface area (Å²) in [5.74, 6) is 0.403. The number of allylic oxidation sites excluding steroid dienone is 5. The van der Waals surface area contributed by atoms with E-state index >= 15 is 0 Å². The van der Waals surface area contributed by atoms with Crippen LogP contribution >= 0.6 is 0 Å². The van der Waals surface area contributed by atoms with Gasteiger partial charge in [0.05, 0.1) is 6.61 Å². The number of fused-ring (bicyclic) bond motifs is 1. The average molecular weight is 246 g/mol. The summed E-state index contributed by atoms with van der Waals surface area (Å²) >= 11 is 0. The second-order valence-electron chi connectivity index (χ2n) is 5.01. The largest absolute Gasteiger partial charge is 0.463 e. The van der Waals surface area contributed by atoms with Crippen LogP contribution in [0.3, 0.4) is 0 Å². The Morgan fingerprint density at radius 3 is 3.17 bits per heavy atom. The number of rotatable bonds is 2. The molecule has 2 heteroatoms. The van der Waals surface area contributed by atoms with Crippen molar-refractivity contribution >= 4 is 5.97 Å². The predicted molar refractivity (Wildman–Crippen MR) is 73.1 cm³/mol. The monoisotopic (exact) mass is 246 g/mol. The van der Waals surface area contributed by atoms with Gasteiger partial charge in [0, 0.05) is 6.08 Å². The first-order valence-corrected chi connectivity index (χ1v) is 7.04. The summed E-state index contributed by atoms with van der Waals surface area (Å²) in [5, 5.41) is 0. The van der Waals surface area contributed by atoms with Gasteiger partial charge < -0.3 is 4.74 Å². The Balaban J connectivity index is 2.16. The van der Waals surface area contributed by atoms with E-state index in [9.17, 15) is 4.79 Å². The third-order valence-corrected chi connectivity index (χ3v) is 3.62. The lowest BCUT2D eigenvalue weighted by Crippen LogP contribution is -2.01. The van der Waals surface area contributed by atoms with E-state index in [-0.39, 0.29) is 5.97 Å². The van der Waals surface area contributed by atoms with Crippen molar-refractivity contribution in [2.24, 2.45) is 5.92 Å². The first kappa shape index (κ1) is 13.1. The third-order valence-electron chi connectivity index (χ3n) is 3.62. The van der Waals surface area contributed by atoms with Crippen LogP contribution in [0.5, 0.6) is 0 Å². The van der Waals surface area contributed by atoms with E-state index in [2.05, 4.69) is 18.2 Å². The van der Waals surface area contributed by atoms with Crippen molar-refractivity contribution in [3.8, 4) is 0 Å². The molecule has 98 valence electrons. The zero-order valence-corrected chi connectivity index (χ0v) is 11.2. The number of esters is 1. The van der Waals surface area contributed by atoms with Crippen LogP contribution in [-0.4, -0.2) is 12.6 Å². The number of hydrogen-bond donors (Lipinski definition) is 0. The molecular weight excluding hydrogens is 224 g/mol. The third kappa shape index (κ3) is 3.59. The number of carbonyl (C=O) groups is 1. The highest BCUT2D eigenvalue weighted by Gasteiger charge is 2.19. The van der Waals surface area contributed by atoms with Crippen LogP contribution < -0.4 is 0 Å². The van der Waals surface area contributed by atoms with Crippen molar-refractivity contribution in [1.29, 1.82) is 0 Å². The number of carbonyl (C=O) groups excluding carboxylic acids is 1. The minimum atomic E-state index is -0.203. The van der Waals surface area contributed by atoms with Crippen molar-refractivity contribution in [1.82, 2.24) is 0 Å². The molecule has 2 nitrogen and oxygen atoms in total. The summed E-state index contributed by atoms with van der Waals surface area (Å²) in [6.45, 7) is 2.29. The maximum atomic E-state index is 11.5. The number of ether oxygens (including phenoxy) is 1. The SMILES string of the molecule is CCOC(=O)/C=C1/C=C2/CCCC2/C=C\CCC1. The molecular formula is C16H22O2. The predicted octanol–water partition coefficient (Wildman–Crippen LogP) is 3.94. The second kappa shape index (κ2) is 6.58. The molecule has 0 radical (unpaired) electrons. The van der Waals surface area contributed by atoms with Crippen molar-refractivity contribution in [2.75, 3.05) is 6.61 Å². The molecule has 0 aromatic rings. The van der Waals surface area contributed by atoms with Crippen LogP contribution in [0.15, 0.2) is 35.5 Å². The van der Waals surface area contributed by atoms with Crippen LogP contribution in [0.2, 0.25) is 0 Å². The zero-order valence-electron chi connectivity index (χ0n) is 11.2. The topological polar surface area (TPSA) is 26.3 Å². The zero-order chi connectivity index (χ0) is 12.8. The standard InChI is InChI=1S/C16H22O2/c1-2-18-16(17)12-13-7-4-3-5-8-14-9-6-10-15(14)11-13/h5,8,11-12,14H,2-4,6-7,9-10H2,1H3/b8-5-,13-12+,15-11-. The van der Waals surface area contributed by atoms with E-state index in [0.717, 1.165) is 24.8 Å². The Labute approximate surface area is 109 Å². The van der Waals surface area contributed by atoms with Crippen molar-refractivity contribution in [3.05, 3.63) is 35.5 Å². The second-order valence-corrected chi connectivity index (χ2v) is 5.01. The van der Waals surface area contributed by atoms with Gasteiger partial charge in [0.25, 0.3) is 0 Å². The molecule has 2 aliphatic carbocycles. The Morgan fingerprint density at radius 1 is 1.44 bits per heavy atom. The molecule has 1 saturated carbocycles. The Bertz CT molecular complexity index is 388. The summed E-state index contributed by atoms with van der Waals surface area (Å²) in [4.78, 5) is 11.5. The van der Waals surface area contributed by atoms with E-state index in [1.165, 1.54) is 24.8 Å². The highest BCUT2D eigenvalue weighted by atomic mass is 16.5. The lowest BCUT2D eigenvalue weighted by atomic mass is 9.99. The highest BCUT2D eigenvalue weighted by molar-refractivity contribution is 5.83. The van der Waals surface area contributed by atoms with Gasteiger partial charge in [0.2, 0.25) is 0 Å². The van der Waals surface area contributed by atoms with Crippen LogP contribution in [-0.2, 0) is 9.53 Å². The molecule has 0 aromatic heterocycles. The molecule has 0 spiro atoms. The molecule has 1 fully saturated rings. The van der Waals surface area contributed by atoms with Gasteiger partial charge in [-0.1, -0.05) is 23.8 Å². The molecule has 0 saturated heterocycles. The van der Waals surface area contributed by atoms with Gasteiger partial charge in [-0.05, 0) is 56.9 Å². The maximum Gasteiger partial charge on any atom is 0.331 e. The molecule has 18 heavy (non-hydrogen) atoms. The molecule has 0 heterocycles. The fourth-order valence-corrected chi connectivity index (χ4v) is 2.74. The summed E-state index contributed by atoms with van der Waals surface area (Å²) in [6, 6.07) is 0. The maximum absolute atomic E-state index is 11.5. The molecule has 0 aromatic carbocycles. The van der Waals surface area contributed by atoms with E-state index < -0.39 is 0 Å². The fourth-order valence-electron chi connectivity index (χ4n) is 2.74. The van der Waals surface area contributed by atoms with Gasteiger partial charge in [0.15, 0.2) is 0 Å². The first-order valence-electron chi connectivity index (χ1n) is 7.04. The highest BCUT2D eigenvalue weighted by Crippen LogP contribution is 2.34. The van der Waals surface area contributed by atoms with E-state index in [1.54, 1.807) is 6.08 Å². The quantitative estimate of drug-likeness (QED) is 0.419. The minimum Gasteiger partial charge on any atom is -0.463 e. The Kier molecular flexibility index (Phi) is 4.80. The van der Waals surface area contributed by atoms with Gasteiger partial charge in [-0.25, -0.2) is 4.79 Å². The minimum absolute atomic E-state index is 0.203. The normalized spacial score (nSPS) is 30.6. The molecule has 2 aliphatic rings. The molecule has 2 rings (SSSR count).